The first-order valence-corrected chi connectivity index (χ1v) is 8.38. The quantitative estimate of drug-likeness (QED) is 0.645. The van der Waals surface area contributed by atoms with Crippen LogP contribution in [-0.4, -0.2) is 47.3 Å². The Bertz CT molecular complexity index is 825. The first kappa shape index (κ1) is 17.6. The van der Waals surface area contributed by atoms with Gasteiger partial charge in [0.2, 0.25) is 5.95 Å². The standard InChI is InChI=1S/C19H22N6O/c1-25(2)13-12-20-18-14-21-24-19(23-18)22-16-10-6-7-11-17(16)26-15-8-4-3-5-9-15/h3-11,14H,12-13H2,1-2H3,(H2,20,22,23,24). The molecule has 0 aliphatic carbocycles. The van der Waals surface area contributed by atoms with Crippen LogP contribution in [0.5, 0.6) is 11.5 Å². The molecule has 134 valence electrons. The number of para-hydroxylation sites is 3. The van der Waals surface area contributed by atoms with Crippen molar-refractivity contribution in [2.24, 2.45) is 0 Å². The predicted octanol–water partition coefficient (Wildman–Crippen LogP) is 3.38. The molecule has 2 aromatic carbocycles. The number of hydrogen-bond acceptors (Lipinski definition) is 7. The van der Waals surface area contributed by atoms with E-state index >= 15 is 0 Å². The summed E-state index contributed by atoms with van der Waals surface area (Å²) in [5, 5.41) is 14.5. The number of ether oxygens (including phenoxy) is 1. The van der Waals surface area contributed by atoms with Gasteiger partial charge in [-0.1, -0.05) is 30.3 Å². The zero-order valence-corrected chi connectivity index (χ0v) is 14.9. The third kappa shape index (κ3) is 5.15. The lowest BCUT2D eigenvalue weighted by molar-refractivity contribution is 0.425. The van der Waals surface area contributed by atoms with E-state index in [0.717, 1.165) is 24.5 Å². The molecule has 0 atom stereocenters. The Kier molecular flexibility index (Phi) is 5.95. The third-order valence-electron chi connectivity index (χ3n) is 3.53. The average Bonchev–Trinajstić information content (AvgIpc) is 2.64. The predicted molar refractivity (Wildman–Crippen MR) is 103 cm³/mol. The molecule has 0 aliphatic heterocycles. The van der Waals surface area contributed by atoms with Crippen molar-refractivity contribution in [1.29, 1.82) is 0 Å². The Hall–Kier alpha value is -3.19. The van der Waals surface area contributed by atoms with Crippen LogP contribution in [0.2, 0.25) is 0 Å². The second-order valence-corrected chi connectivity index (χ2v) is 5.93. The monoisotopic (exact) mass is 350 g/mol. The number of likely N-dealkylation sites (N-methyl/N-ethyl adjacent to an activating group) is 1. The maximum absolute atomic E-state index is 5.94. The van der Waals surface area contributed by atoms with Crippen LogP contribution in [0.4, 0.5) is 17.5 Å². The summed E-state index contributed by atoms with van der Waals surface area (Å²) in [5.74, 6) is 2.53. The fraction of sp³-hybridized carbons (Fsp3) is 0.211. The Balaban J connectivity index is 1.71. The molecule has 2 N–H and O–H groups in total. The first-order chi connectivity index (χ1) is 12.7. The Labute approximate surface area is 153 Å². The van der Waals surface area contributed by atoms with Gasteiger partial charge in [0.1, 0.15) is 5.75 Å². The van der Waals surface area contributed by atoms with Gasteiger partial charge in [-0.25, -0.2) is 0 Å². The largest absolute Gasteiger partial charge is 0.455 e. The normalized spacial score (nSPS) is 10.6. The summed E-state index contributed by atoms with van der Waals surface area (Å²) in [4.78, 5) is 6.54. The molecule has 0 unspecified atom stereocenters. The minimum absolute atomic E-state index is 0.406. The van der Waals surface area contributed by atoms with Crippen LogP contribution in [0.15, 0.2) is 60.8 Å². The minimum atomic E-state index is 0.406. The summed E-state index contributed by atoms with van der Waals surface area (Å²) in [5.41, 5.74) is 0.767. The second-order valence-electron chi connectivity index (χ2n) is 5.93. The van der Waals surface area contributed by atoms with Gasteiger partial charge in [-0.05, 0) is 38.4 Å². The van der Waals surface area contributed by atoms with Gasteiger partial charge in [0.05, 0.1) is 11.9 Å². The topological polar surface area (TPSA) is 75.2 Å². The molecular formula is C19H22N6O. The van der Waals surface area contributed by atoms with Gasteiger partial charge in [0.25, 0.3) is 0 Å². The van der Waals surface area contributed by atoms with Gasteiger partial charge < -0.3 is 20.3 Å². The number of nitrogens with zero attached hydrogens (tertiary/aromatic N) is 4. The molecule has 0 spiro atoms. The van der Waals surface area contributed by atoms with E-state index in [1.54, 1.807) is 6.20 Å². The van der Waals surface area contributed by atoms with Crippen LogP contribution in [-0.2, 0) is 0 Å². The van der Waals surface area contributed by atoms with Crippen LogP contribution in [0.25, 0.3) is 0 Å². The van der Waals surface area contributed by atoms with Gasteiger partial charge in [-0.15, -0.1) is 5.10 Å². The molecular weight excluding hydrogens is 328 g/mol. The number of nitrogens with one attached hydrogen (secondary N) is 2. The molecule has 3 rings (SSSR count). The Morgan fingerprint density at radius 2 is 1.77 bits per heavy atom. The van der Waals surface area contributed by atoms with Crippen molar-refractivity contribution >= 4 is 17.5 Å². The molecule has 0 bridgehead atoms. The van der Waals surface area contributed by atoms with Crippen LogP contribution in [0.3, 0.4) is 0 Å². The molecule has 0 saturated carbocycles. The molecule has 3 aromatic rings. The summed E-state index contributed by atoms with van der Waals surface area (Å²) >= 11 is 0. The van der Waals surface area contributed by atoms with Crippen molar-refractivity contribution in [3.8, 4) is 11.5 Å². The van der Waals surface area contributed by atoms with Gasteiger partial charge in [-0.3, -0.25) is 0 Å². The molecule has 7 heteroatoms. The number of hydrogen-bond donors (Lipinski definition) is 2. The van der Waals surface area contributed by atoms with E-state index in [4.69, 9.17) is 4.74 Å². The third-order valence-corrected chi connectivity index (χ3v) is 3.53. The zero-order valence-electron chi connectivity index (χ0n) is 14.9. The number of rotatable bonds is 8. The van der Waals surface area contributed by atoms with Crippen LogP contribution >= 0.6 is 0 Å². The Morgan fingerprint density at radius 3 is 2.58 bits per heavy atom. The lowest BCUT2D eigenvalue weighted by Gasteiger charge is -2.13. The van der Waals surface area contributed by atoms with Crippen molar-refractivity contribution in [3.63, 3.8) is 0 Å². The molecule has 0 saturated heterocycles. The van der Waals surface area contributed by atoms with Gasteiger partial charge in [-0.2, -0.15) is 10.1 Å². The molecule has 0 amide bonds. The van der Waals surface area contributed by atoms with Crippen molar-refractivity contribution < 1.29 is 4.74 Å². The summed E-state index contributed by atoms with van der Waals surface area (Å²) in [6.07, 6.45) is 1.60. The molecule has 1 heterocycles. The van der Waals surface area contributed by atoms with E-state index in [0.29, 0.717) is 17.5 Å². The lowest BCUT2D eigenvalue weighted by atomic mass is 10.3. The van der Waals surface area contributed by atoms with Crippen LogP contribution in [0, 0.1) is 0 Å². The first-order valence-electron chi connectivity index (χ1n) is 8.38. The summed E-state index contributed by atoms with van der Waals surface area (Å²) in [6.45, 7) is 1.68. The van der Waals surface area contributed by atoms with Crippen molar-refractivity contribution in [2.45, 2.75) is 0 Å². The van der Waals surface area contributed by atoms with Crippen LogP contribution < -0.4 is 15.4 Å². The number of aromatic nitrogens is 3. The smallest absolute Gasteiger partial charge is 0.249 e. The highest BCUT2D eigenvalue weighted by Gasteiger charge is 2.07. The second kappa shape index (κ2) is 8.77. The molecule has 0 fully saturated rings. The Morgan fingerprint density at radius 1 is 1.00 bits per heavy atom. The SMILES string of the molecule is CN(C)CCNc1cnnc(Nc2ccccc2Oc2ccccc2)n1. The van der Waals surface area contributed by atoms with Crippen LogP contribution in [0.1, 0.15) is 0 Å². The summed E-state index contributed by atoms with van der Waals surface area (Å²) in [7, 11) is 4.05. The van der Waals surface area contributed by atoms with E-state index in [-0.39, 0.29) is 0 Å². The molecule has 7 nitrogen and oxygen atoms in total. The highest BCUT2D eigenvalue weighted by atomic mass is 16.5. The lowest BCUT2D eigenvalue weighted by Crippen LogP contribution is -2.21. The van der Waals surface area contributed by atoms with Crippen molar-refractivity contribution in [2.75, 3.05) is 37.8 Å². The van der Waals surface area contributed by atoms with Gasteiger partial charge >= 0.3 is 0 Å². The average molecular weight is 350 g/mol. The maximum Gasteiger partial charge on any atom is 0.249 e. The zero-order chi connectivity index (χ0) is 18.2. The van der Waals surface area contributed by atoms with E-state index in [2.05, 4.69) is 30.7 Å². The highest BCUT2D eigenvalue weighted by molar-refractivity contribution is 5.63. The summed E-state index contributed by atoms with van der Waals surface area (Å²) in [6, 6.07) is 17.3. The minimum Gasteiger partial charge on any atom is -0.455 e. The van der Waals surface area contributed by atoms with Gasteiger partial charge in [0.15, 0.2) is 11.6 Å². The molecule has 26 heavy (non-hydrogen) atoms. The van der Waals surface area contributed by atoms with Gasteiger partial charge in [0, 0.05) is 13.1 Å². The van der Waals surface area contributed by atoms with E-state index in [1.807, 2.05) is 68.7 Å². The maximum atomic E-state index is 5.94. The molecule has 0 aliphatic rings. The number of anilines is 3. The molecule has 1 aromatic heterocycles. The number of benzene rings is 2. The van der Waals surface area contributed by atoms with E-state index < -0.39 is 0 Å². The summed E-state index contributed by atoms with van der Waals surface area (Å²) < 4.78 is 5.94. The van der Waals surface area contributed by atoms with E-state index in [9.17, 15) is 0 Å². The van der Waals surface area contributed by atoms with Crippen molar-refractivity contribution in [1.82, 2.24) is 20.1 Å². The van der Waals surface area contributed by atoms with E-state index in [1.165, 1.54) is 0 Å². The fourth-order valence-corrected chi connectivity index (χ4v) is 2.24. The highest BCUT2D eigenvalue weighted by Crippen LogP contribution is 2.30. The fourth-order valence-electron chi connectivity index (χ4n) is 2.24. The van der Waals surface area contributed by atoms with Crippen molar-refractivity contribution in [3.05, 3.63) is 60.8 Å². The molecule has 0 radical (unpaired) electrons.